The summed E-state index contributed by atoms with van der Waals surface area (Å²) < 4.78 is 40.3. The van der Waals surface area contributed by atoms with Crippen molar-refractivity contribution in [2.45, 2.75) is 13.3 Å². The standard InChI is InChI=1S/C18H14F3N3O2S/c1-11-2-4-12(5-3-11)22-16(25)15-10-27-17(24-15)23-13-6-8-14(9-7-13)26-18(19,20)21/h2-10H,1H3,(H,22,25)(H,23,24). The van der Waals surface area contributed by atoms with Gasteiger partial charge in [-0.1, -0.05) is 17.7 Å². The number of hydrogen-bond acceptors (Lipinski definition) is 5. The number of nitrogens with zero attached hydrogens (tertiary/aromatic N) is 1. The number of aryl methyl sites for hydroxylation is 1. The molecule has 0 spiro atoms. The summed E-state index contributed by atoms with van der Waals surface area (Å²) >= 11 is 1.21. The number of carbonyl (C=O) groups is 1. The molecule has 140 valence electrons. The van der Waals surface area contributed by atoms with Crippen LogP contribution in [0.5, 0.6) is 5.75 Å². The fraction of sp³-hybridized carbons (Fsp3) is 0.111. The number of benzene rings is 2. The van der Waals surface area contributed by atoms with Gasteiger partial charge in [0.15, 0.2) is 5.13 Å². The quantitative estimate of drug-likeness (QED) is 0.614. The molecule has 0 saturated carbocycles. The highest BCUT2D eigenvalue weighted by Gasteiger charge is 2.30. The molecule has 3 rings (SSSR count). The number of rotatable bonds is 5. The van der Waals surface area contributed by atoms with Gasteiger partial charge in [0.25, 0.3) is 5.91 Å². The van der Waals surface area contributed by atoms with Gasteiger partial charge in [0.2, 0.25) is 0 Å². The van der Waals surface area contributed by atoms with Gasteiger partial charge in [-0.05, 0) is 43.3 Å². The van der Waals surface area contributed by atoms with Crippen molar-refractivity contribution in [2.75, 3.05) is 10.6 Å². The van der Waals surface area contributed by atoms with E-state index in [0.717, 1.165) is 5.56 Å². The van der Waals surface area contributed by atoms with Crippen LogP contribution >= 0.6 is 11.3 Å². The number of carbonyl (C=O) groups excluding carboxylic acids is 1. The first-order valence-electron chi connectivity index (χ1n) is 7.75. The number of thiazole rings is 1. The van der Waals surface area contributed by atoms with E-state index in [1.807, 2.05) is 19.1 Å². The van der Waals surface area contributed by atoms with Crippen molar-refractivity contribution in [3.8, 4) is 5.75 Å². The summed E-state index contributed by atoms with van der Waals surface area (Å²) in [6.07, 6.45) is -4.73. The summed E-state index contributed by atoms with van der Waals surface area (Å²) in [5, 5.41) is 7.71. The van der Waals surface area contributed by atoms with Gasteiger partial charge in [-0.2, -0.15) is 0 Å². The SMILES string of the molecule is Cc1ccc(NC(=O)c2csc(Nc3ccc(OC(F)(F)F)cc3)n2)cc1. The summed E-state index contributed by atoms with van der Waals surface area (Å²) in [4.78, 5) is 16.4. The molecule has 0 aliphatic carbocycles. The molecule has 27 heavy (non-hydrogen) atoms. The average Bonchev–Trinajstić information content (AvgIpc) is 3.06. The van der Waals surface area contributed by atoms with E-state index in [1.165, 1.54) is 35.6 Å². The van der Waals surface area contributed by atoms with Crippen LogP contribution in [0.1, 0.15) is 16.1 Å². The highest BCUT2D eigenvalue weighted by molar-refractivity contribution is 7.14. The first kappa shape index (κ1) is 18.7. The molecule has 0 aliphatic rings. The van der Waals surface area contributed by atoms with E-state index in [0.29, 0.717) is 16.5 Å². The zero-order chi connectivity index (χ0) is 19.4. The van der Waals surface area contributed by atoms with Crippen LogP contribution < -0.4 is 15.4 Å². The number of hydrogen-bond donors (Lipinski definition) is 2. The second kappa shape index (κ2) is 7.67. The van der Waals surface area contributed by atoms with Gasteiger partial charge in [-0.25, -0.2) is 4.98 Å². The van der Waals surface area contributed by atoms with Crippen molar-refractivity contribution in [1.82, 2.24) is 4.98 Å². The molecular weight excluding hydrogens is 379 g/mol. The first-order chi connectivity index (χ1) is 12.8. The van der Waals surface area contributed by atoms with Crippen LogP contribution in [0.4, 0.5) is 29.7 Å². The number of ether oxygens (including phenoxy) is 1. The maximum absolute atomic E-state index is 12.2. The van der Waals surface area contributed by atoms with Crippen LogP contribution in [0, 0.1) is 6.92 Å². The lowest BCUT2D eigenvalue weighted by atomic mass is 10.2. The maximum Gasteiger partial charge on any atom is 0.573 e. The fourth-order valence-corrected chi connectivity index (χ4v) is 2.84. The number of aromatic nitrogens is 1. The Labute approximate surface area is 156 Å². The van der Waals surface area contributed by atoms with E-state index in [4.69, 9.17) is 0 Å². The predicted octanol–water partition coefficient (Wildman–Crippen LogP) is 5.35. The minimum absolute atomic E-state index is 0.236. The third-order valence-electron chi connectivity index (χ3n) is 3.39. The topological polar surface area (TPSA) is 63.2 Å². The zero-order valence-corrected chi connectivity index (χ0v) is 14.8. The van der Waals surface area contributed by atoms with E-state index >= 15 is 0 Å². The van der Waals surface area contributed by atoms with Crippen molar-refractivity contribution in [3.63, 3.8) is 0 Å². The Hall–Kier alpha value is -3.07. The smallest absolute Gasteiger partial charge is 0.406 e. The molecule has 1 amide bonds. The molecule has 1 heterocycles. The van der Waals surface area contributed by atoms with Gasteiger partial charge >= 0.3 is 6.36 Å². The summed E-state index contributed by atoms with van der Waals surface area (Å²) in [5.41, 5.74) is 2.50. The van der Waals surface area contributed by atoms with Crippen LogP contribution in [0.25, 0.3) is 0 Å². The number of nitrogens with one attached hydrogen (secondary N) is 2. The molecule has 0 radical (unpaired) electrons. The van der Waals surface area contributed by atoms with Crippen molar-refractivity contribution in [2.24, 2.45) is 0 Å². The van der Waals surface area contributed by atoms with E-state index in [1.54, 1.807) is 17.5 Å². The molecule has 2 aromatic carbocycles. The lowest BCUT2D eigenvalue weighted by molar-refractivity contribution is -0.274. The van der Waals surface area contributed by atoms with Crippen molar-refractivity contribution < 1.29 is 22.7 Å². The highest BCUT2D eigenvalue weighted by atomic mass is 32.1. The van der Waals surface area contributed by atoms with Crippen molar-refractivity contribution in [1.29, 1.82) is 0 Å². The highest BCUT2D eigenvalue weighted by Crippen LogP contribution is 2.26. The summed E-state index contributed by atoms with van der Waals surface area (Å²) in [7, 11) is 0. The van der Waals surface area contributed by atoms with E-state index in [9.17, 15) is 18.0 Å². The molecule has 5 nitrogen and oxygen atoms in total. The molecular formula is C18H14F3N3O2S. The zero-order valence-electron chi connectivity index (χ0n) is 14.0. The average molecular weight is 393 g/mol. The summed E-state index contributed by atoms with van der Waals surface area (Å²) in [6.45, 7) is 1.95. The molecule has 0 unspecified atom stereocenters. The normalized spacial score (nSPS) is 11.1. The number of anilines is 3. The van der Waals surface area contributed by atoms with Crippen LogP contribution in [0.3, 0.4) is 0 Å². The lowest BCUT2D eigenvalue weighted by Crippen LogP contribution is -2.16. The Morgan fingerprint density at radius 2 is 1.67 bits per heavy atom. The minimum Gasteiger partial charge on any atom is -0.406 e. The van der Waals surface area contributed by atoms with Gasteiger partial charge < -0.3 is 15.4 Å². The monoisotopic (exact) mass is 393 g/mol. The van der Waals surface area contributed by atoms with Crippen LogP contribution in [0.2, 0.25) is 0 Å². The van der Waals surface area contributed by atoms with Crippen LogP contribution in [0.15, 0.2) is 53.9 Å². The molecule has 0 saturated heterocycles. The predicted molar refractivity (Wildman–Crippen MR) is 97.7 cm³/mol. The van der Waals surface area contributed by atoms with E-state index in [-0.39, 0.29) is 17.4 Å². The second-order valence-electron chi connectivity index (χ2n) is 5.56. The van der Waals surface area contributed by atoms with E-state index in [2.05, 4.69) is 20.4 Å². The Kier molecular flexibility index (Phi) is 5.31. The Bertz CT molecular complexity index is 922. The number of halogens is 3. The summed E-state index contributed by atoms with van der Waals surface area (Å²) in [5.74, 6) is -0.664. The van der Waals surface area contributed by atoms with Gasteiger partial charge in [0.05, 0.1) is 0 Å². The fourth-order valence-electron chi connectivity index (χ4n) is 2.13. The molecule has 0 aliphatic heterocycles. The maximum atomic E-state index is 12.2. The van der Waals surface area contributed by atoms with E-state index < -0.39 is 6.36 Å². The third-order valence-corrected chi connectivity index (χ3v) is 4.14. The molecule has 9 heteroatoms. The van der Waals surface area contributed by atoms with Crippen LogP contribution in [-0.4, -0.2) is 17.3 Å². The largest absolute Gasteiger partial charge is 0.573 e. The van der Waals surface area contributed by atoms with Gasteiger partial charge in [-0.15, -0.1) is 24.5 Å². The Morgan fingerprint density at radius 3 is 2.30 bits per heavy atom. The molecule has 0 bridgehead atoms. The number of alkyl halides is 3. The Morgan fingerprint density at radius 1 is 1.04 bits per heavy atom. The summed E-state index contributed by atoms with van der Waals surface area (Å²) in [6, 6.07) is 12.6. The second-order valence-corrected chi connectivity index (χ2v) is 6.41. The third kappa shape index (κ3) is 5.45. The minimum atomic E-state index is -4.73. The Balaban J connectivity index is 1.62. The molecule has 3 aromatic rings. The molecule has 1 aromatic heterocycles. The van der Waals surface area contributed by atoms with Gasteiger partial charge in [-0.3, -0.25) is 4.79 Å². The molecule has 2 N–H and O–H groups in total. The van der Waals surface area contributed by atoms with Crippen LogP contribution in [-0.2, 0) is 0 Å². The lowest BCUT2D eigenvalue weighted by Gasteiger charge is -2.09. The van der Waals surface area contributed by atoms with Crippen molar-refractivity contribution >= 4 is 33.8 Å². The number of amides is 1. The van der Waals surface area contributed by atoms with Crippen molar-refractivity contribution in [3.05, 3.63) is 65.2 Å². The van der Waals surface area contributed by atoms with Gasteiger partial charge in [0, 0.05) is 16.8 Å². The molecule has 0 fully saturated rings. The first-order valence-corrected chi connectivity index (χ1v) is 8.63. The molecule has 0 atom stereocenters. The van der Waals surface area contributed by atoms with Gasteiger partial charge in [0.1, 0.15) is 11.4 Å².